The van der Waals surface area contributed by atoms with E-state index in [1.54, 1.807) is 0 Å². The van der Waals surface area contributed by atoms with E-state index < -0.39 is 0 Å². The summed E-state index contributed by atoms with van der Waals surface area (Å²) in [4.78, 5) is 0. The Morgan fingerprint density at radius 1 is 1.00 bits per heavy atom. The summed E-state index contributed by atoms with van der Waals surface area (Å²) in [7, 11) is 0. The molecule has 0 aliphatic rings. The van der Waals surface area contributed by atoms with Gasteiger partial charge >= 0.3 is 0 Å². The van der Waals surface area contributed by atoms with Crippen molar-refractivity contribution in [2.24, 2.45) is 0 Å². The van der Waals surface area contributed by atoms with E-state index in [-0.39, 0.29) is 81.2 Å². The van der Waals surface area contributed by atoms with Crippen molar-refractivity contribution in [1.82, 2.24) is 0 Å². The Labute approximate surface area is 80.0 Å². The van der Waals surface area contributed by atoms with Gasteiger partial charge in [0.1, 0.15) is 0 Å². The summed E-state index contributed by atoms with van der Waals surface area (Å²) in [6.45, 7) is 0. The van der Waals surface area contributed by atoms with Crippen molar-refractivity contribution >= 4 is 0 Å². The molecular weight excluding hydrogens is 257 g/mol. The third-order valence-corrected chi connectivity index (χ3v) is 0. The van der Waals surface area contributed by atoms with Gasteiger partial charge in [-0.2, -0.15) is 0 Å². The Balaban J connectivity index is 0. The Morgan fingerprint density at radius 3 is 1.00 bits per heavy atom. The van der Waals surface area contributed by atoms with Crippen LogP contribution in [-0.4, -0.2) is 0 Å². The molecule has 0 unspecified atom stereocenters. The first-order valence-corrected chi connectivity index (χ1v) is 0. The zero-order valence-electron chi connectivity index (χ0n) is 1.65. The molecule has 0 aliphatic heterocycles. The maximum atomic E-state index is 0. The third kappa shape index (κ3) is 8.82. The minimum atomic E-state index is 0. The molecule has 0 nitrogen and oxygen atoms in total. The predicted molar refractivity (Wildman–Crippen MR) is 0 cm³/mol. The number of rotatable bonds is 0. The predicted octanol–water partition coefficient (Wildman–Crippen LogP) is -0.0100. The Bertz CT molecular complexity index is 8.00. The fourth-order valence-corrected chi connectivity index (χ4v) is 0. The second-order valence-corrected chi connectivity index (χ2v) is 0. The van der Waals surface area contributed by atoms with Crippen molar-refractivity contribution in [3.8, 4) is 0 Å². The first-order chi connectivity index (χ1) is 0. The largest absolute Gasteiger partial charge is 0 e. The molecule has 0 N–H and O–H groups in total. The monoisotopic (exact) mass is 255 g/mol. The summed E-state index contributed by atoms with van der Waals surface area (Å²) in [5.41, 5.74) is 0. The van der Waals surface area contributed by atoms with Gasteiger partial charge in [-0.1, -0.05) is 0 Å². The summed E-state index contributed by atoms with van der Waals surface area (Å²) in [6.07, 6.45) is 0. The van der Waals surface area contributed by atoms with Crippen molar-refractivity contribution in [2.75, 3.05) is 0 Å². The van der Waals surface area contributed by atoms with Crippen molar-refractivity contribution in [3.05, 3.63) is 0 Å². The molecule has 0 bridgehead atoms. The van der Waals surface area contributed by atoms with Gasteiger partial charge in [-0.15, -0.1) is 0 Å². The fraction of sp³-hybridized carbons (Fsp3) is 0. The van der Waals surface area contributed by atoms with Crippen LogP contribution in [0.4, 0.5) is 0 Å². The van der Waals surface area contributed by atoms with E-state index in [4.69, 9.17) is 0 Å². The normalized spacial score (nSPS) is 0. The molecular formula is CoNiTiZr. The standard InChI is InChI=1S/Co.Ni.Ti.Zr. The molecule has 0 heterocycles. The first-order valence-electron chi connectivity index (χ1n) is 0. The number of hydrogen-bond donors (Lipinski definition) is 0. The van der Waals surface area contributed by atoms with Gasteiger partial charge in [0.25, 0.3) is 0 Å². The van der Waals surface area contributed by atoms with E-state index in [1.807, 2.05) is 0 Å². The van der Waals surface area contributed by atoms with Gasteiger partial charge < -0.3 is 0 Å². The van der Waals surface area contributed by atoms with Crippen LogP contribution in [0.25, 0.3) is 0 Å². The van der Waals surface area contributed by atoms with Crippen molar-refractivity contribution < 1.29 is 81.2 Å². The van der Waals surface area contributed by atoms with Gasteiger partial charge in [-0.25, -0.2) is 0 Å². The molecule has 0 saturated carbocycles. The average molecular weight is 257 g/mol. The zero-order chi connectivity index (χ0) is 0. The quantitative estimate of drug-likeness (QED) is 0.535. The molecule has 0 saturated heterocycles. The minimum Gasteiger partial charge on any atom is 0 e. The van der Waals surface area contributed by atoms with Crippen molar-refractivity contribution in [3.63, 3.8) is 0 Å². The molecule has 0 spiro atoms. The van der Waals surface area contributed by atoms with Crippen LogP contribution in [0.2, 0.25) is 0 Å². The second-order valence-electron chi connectivity index (χ2n) is 0. The number of hydrogen-bond acceptors (Lipinski definition) is 0. The van der Waals surface area contributed by atoms with Crippen LogP contribution in [0.5, 0.6) is 0 Å². The van der Waals surface area contributed by atoms with Crippen LogP contribution >= 0.6 is 0 Å². The Kier molecular flexibility index (Phi) is 134. The molecule has 4 heteroatoms. The molecule has 0 aliphatic carbocycles. The summed E-state index contributed by atoms with van der Waals surface area (Å²) in [5, 5.41) is 0. The molecule has 0 fully saturated rings. The maximum absolute atomic E-state index is 0. The van der Waals surface area contributed by atoms with Gasteiger partial charge in [0.15, 0.2) is 0 Å². The third-order valence-electron chi connectivity index (χ3n) is 0. The molecule has 0 aromatic rings. The van der Waals surface area contributed by atoms with E-state index >= 15 is 0 Å². The molecule has 1 radical (unpaired) electrons. The maximum Gasteiger partial charge on any atom is 0 e. The van der Waals surface area contributed by atoms with Crippen LogP contribution in [-0.2, 0) is 81.2 Å². The van der Waals surface area contributed by atoms with Gasteiger partial charge in [0.05, 0.1) is 0 Å². The van der Waals surface area contributed by atoms with Gasteiger partial charge in [0.2, 0.25) is 0 Å². The summed E-state index contributed by atoms with van der Waals surface area (Å²) < 4.78 is 0. The van der Waals surface area contributed by atoms with E-state index in [9.17, 15) is 0 Å². The van der Waals surface area contributed by atoms with Crippen LogP contribution in [0, 0.1) is 0 Å². The van der Waals surface area contributed by atoms with Gasteiger partial charge in [-0.05, 0) is 0 Å². The summed E-state index contributed by atoms with van der Waals surface area (Å²) in [6, 6.07) is 0. The first kappa shape index (κ1) is 30.6. The molecule has 4 heavy (non-hydrogen) atoms. The molecule has 0 atom stereocenters. The zero-order valence-corrected chi connectivity index (χ0v) is 7.70. The Morgan fingerprint density at radius 2 is 1.00 bits per heavy atom. The molecule has 0 aromatic carbocycles. The minimum absolute atomic E-state index is 0. The molecule has 0 rings (SSSR count). The van der Waals surface area contributed by atoms with Crippen LogP contribution in [0.3, 0.4) is 0 Å². The SMILES string of the molecule is [Co].[Ni].[Ti].[Zr]. The van der Waals surface area contributed by atoms with Crippen LogP contribution in [0.1, 0.15) is 0 Å². The van der Waals surface area contributed by atoms with E-state index in [2.05, 4.69) is 0 Å². The smallest absolute Gasteiger partial charge is 0 e. The van der Waals surface area contributed by atoms with Gasteiger partial charge in [0, 0.05) is 81.2 Å². The van der Waals surface area contributed by atoms with Crippen LogP contribution in [0.15, 0.2) is 0 Å². The van der Waals surface area contributed by atoms with E-state index in [0.29, 0.717) is 0 Å². The second kappa shape index (κ2) is 17.5. The van der Waals surface area contributed by atoms with Gasteiger partial charge in [-0.3, -0.25) is 0 Å². The fourth-order valence-electron chi connectivity index (χ4n) is 0. The van der Waals surface area contributed by atoms with E-state index in [1.165, 1.54) is 0 Å². The van der Waals surface area contributed by atoms with Crippen LogP contribution < -0.4 is 0 Å². The summed E-state index contributed by atoms with van der Waals surface area (Å²) >= 11 is 0. The topological polar surface area (TPSA) is 0 Å². The summed E-state index contributed by atoms with van der Waals surface area (Å²) in [5.74, 6) is 0. The van der Waals surface area contributed by atoms with Crippen molar-refractivity contribution in [2.45, 2.75) is 0 Å². The van der Waals surface area contributed by atoms with Crippen molar-refractivity contribution in [1.29, 1.82) is 0 Å². The molecule has 0 amide bonds. The van der Waals surface area contributed by atoms with E-state index in [0.717, 1.165) is 0 Å². The molecule has 27 valence electrons. The average Bonchev–Trinajstić information content (AvgIpc) is 0. The Hall–Kier alpha value is 2.60. The molecule has 0 aromatic heterocycles.